The number of halogens is 2. The molecule has 1 aromatic rings. The lowest BCUT2D eigenvalue weighted by atomic mass is 10.3. The smallest absolute Gasteiger partial charge is 0.315 e. The summed E-state index contributed by atoms with van der Waals surface area (Å²) < 4.78 is 29.6. The van der Waals surface area contributed by atoms with Crippen molar-refractivity contribution in [2.75, 3.05) is 12.9 Å². The van der Waals surface area contributed by atoms with Crippen LogP contribution in [0, 0.1) is 11.6 Å². The molecule has 76 valence electrons. The van der Waals surface area contributed by atoms with E-state index >= 15 is 0 Å². The number of carbonyl (C=O) groups is 1. The monoisotopic (exact) mass is 218 g/mol. The Morgan fingerprint density at radius 3 is 2.71 bits per heavy atom. The number of thioether (sulfide) groups is 1. The molecular formula is C9H8F2O2S. The minimum atomic E-state index is -0.917. The predicted molar refractivity (Wildman–Crippen MR) is 49.1 cm³/mol. The van der Waals surface area contributed by atoms with Crippen LogP contribution in [-0.2, 0) is 9.53 Å². The van der Waals surface area contributed by atoms with Crippen molar-refractivity contribution in [3.05, 3.63) is 29.8 Å². The van der Waals surface area contributed by atoms with Crippen molar-refractivity contribution >= 4 is 17.7 Å². The molecule has 0 aliphatic rings. The standard InChI is InChI=1S/C9H8F2O2S/c1-13-9(12)5-14-6-2-3-7(10)8(11)4-6/h2-4H,5H2,1H3. The molecule has 0 saturated heterocycles. The SMILES string of the molecule is COC(=O)CSc1ccc(F)c(F)c1. The summed E-state index contributed by atoms with van der Waals surface area (Å²) in [5.74, 6) is -2.13. The fraction of sp³-hybridized carbons (Fsp3) is 0.222. The molecule has 0 fully saturated rings. The molecule has 14 heavy (non-hydrogen) atoms. The van der Waals surface area contributed by atoms with Crippen molar-refractivity contribution in [1.29, 1.82) is 0 Å². The van der Waals surface area contributed by atoms with Crippen molar-refractivity contribution in [3.8, 4) is 0 Å². The normalized spacial score (nSPS) is 9.93. The van der Waals surface area contributed by atoms with Gasteiger partial charge in [-0.05, 0) is 18.2 Å². The Labute approximate surface area is 84.3 Å². The molecular weight excluding hydrogens is 210 g/mol. The van der Waals surface area contributed by atoms with E-state index < -0.39 is 17.6 Å². The summed E-state index contributed by atoms with van der Waals surface area (Å²) in [4.78, 5) is 11.2. The minimum absolute atomic E-state index is 0.0849. The first-order valence-electron chi connectivity index (χ1n) is 3.78. The molecule has 0 heterocycles. The fourth-order valence-electron chi connectivity index (χ4n) is 0.768. The Hall–Kier alpha value is -1.10. The highest BCUT2D eigenvalue weighted by molar-refractivity contribution is 8.00. The van der Waals surface area contributed by atoms with Crippen molar-refractivity contribution in [2.24, 2.45) is 0 Å². The van der Waals surface area contributed by atoms with Crippen LogP contribution in [0.4, 0.5) is 8.78 Å². The molecule has 5 heteroatoms. The van der Waals surface area contributed by atoms with E-state index in [9.17, 15) is 13.6 Å². The average Bonchev–Trinajstić information content (AvgIpc) is 2.19. The topological polar surface area (TPSA) is 26.3 Å². The van der Waals surface area contributed by atoms with Gasteiger partial charge >= 0.3 is 5.97 Å². The molecule has 0 bridgehead atoms. The molecule has 0 aromatic heterocycles. The van der Waals surface area contributed by atoms with Crippen LogP contribution >= 0.6 is 11.8 Å². The van der Waals surface area contributed by atoms with E-state index in [1.807, 2.05) is 0 Å². The third-order valence-corrected chi connectivity index (χ3v) is 2.44. The van der Waals surface area contributed by atoms with Gasteiger partial charge in [-0.25, -0.2) is 8.78 Å². The molecule has 0 unspecified atom stereocenters. The molecule has 0 aliphatic carbocycles. The first-order chi connectivity index (χ1) is 6.63. The van der Waals surface area contributed by atoms with Crippen LogP contribution in [0.25, 0.3) is 0 Å². The van der Waals surface area contributed by atoms with E-state index in [1.165, 1.54) is 13.2 Å². The zero-order chi connectivity index (χ0) is 10.6. The summed E-state index contributed by atoms with van der Waals surface area (Å²) >= 11 is 1.09. The molecule has 0 N–H and O–H groups in total. The van der Waals surface area contributed by atoms with Crippen LogP contribution in [0.3, 0.4) is 0 Å². The number of hydrogen-bond donors (Lipinski definition) is 0. The van der Waals surface area contributed by atoms with Gasteiger partial charge in [0.2, 0.25) is 0 Å². The largest absolute Gasteiger partial charge is 0.468 e. The molecule has 0 radical (unpaired) electrons. The number of hydrogen-bond acceptors (Lipinski definition) is 3. The molecule has 0 amide bonds. The maximum absolute atomic E-state index is 12.7. The highest BCUT2D eigenvalue weighted by Gasteiger charge is 2.05. The van der Waals surface area contributed by atoms with Gasteiger partial charge in [-0.1, -0.05) is 0 Å². The zero-order valence-corrected chi connectivity index (χ0v) is 8.24. The Morgan fingerprint density at radius 1 is 1.43 bits per heavy atom. The number of carbonyl (C=O) groups excluding carboxylic acids is 1. The second-order valence-electron chi connectivity index (χ2n) is 2.44. The third kappa shape index (κ3) is 2.99. The maximum Gasteiger partial charge on any atom is 0.315 e. The molecule has 0 atom stereocenters. The number of ether oxygens (including phenoxy) is 1. The van der Waals surface area contributed by atoms with Crippen molar-refractivity contribution in [1.82, 2.24) is 0 Å². The lowest BCUT2D eigenvalue weighted by Gasteiger charge is -2.00. The minimum Gasteiger partial charge on any atom is -0.468 e. The summed E-state index contributed by atoms with van der Waals surface area (Å²) in [7, 11) is 1.27. The number of rotatable bonds is 3. The van der Waals surface area contributed by atoms with Crippen LogP contribution in [-0.4, -0.2) is 18.8 Å². The number of esters is 1. The van der Waals surface area contributed by atoms with E-state index in [2.05, 4.69) is 4.74 Å². The van der Waals surface area contributed by atoms with Crippen molar-refractivity contribution in [2.45, 2.75) is 4.90 Å². The molecule has 0 aliphatic heterocycles. The Balaban J connectivity index is 2.60. The summed E-state index contributed by atoms with van der Waals surface area (Å²) in [5, 5.41) is 0. The van der Waals surface area contributed by atoms with Crippen LogP contribution in [0.15, 0.2) is 23.1 Å². The van der Waals surface area contributed by atoms with Gasteiger partial charge in [0.1, 0.15) is 0 Å². The molecule has 0 spiro atoms. The van der Waals surface area contributed by atoms with Gasteiger partial charge in [0.25, 0.3) is 0 Å². The Bertz CT molecular complexity index is 342. The second-order valence-corrected chi connectivity index (χ2v) is 3.49. The molecule has 1 aromatic carbocycles. The van der Waals surface area contributed by atoms with Gasteiger partial charge < -0.3 is 4.74 Å². The highest BCUT2D eigenvalue weighted by Crippen LogP contribution is 2.20. The van der Waals surface area contributed by atoms with Gasteiger partial charge in [-0.15, -0.1) is 11.8 Å². The second kappa shape index (κ2) is 4.95. The Kier molecular flexibility index (Phi) is 3.88. The van der Waals surface area contributed by atoms with E-state index in [4.69, 9.17) is 0 Å². The van der Waals surface area contributed by atoms with Crippen LogP contribution in [0.2, 0.25) is 0 Å². The van der Waals surface area contributed by atoms with Gasteiger partial charge in [0.15, 0.2) is 11.6 Å². The summed E-state index contributed by atoms with van der Waals surface area (Å²) in [6.45, 7) is 0. The van der Waals surface area contributed by atoms with Gasteiger partial charge in [-0.3, -0.25) is 4.79 Å². The van der Waals surface area contributed by atoms with Gasteiger partial charge in [0, 0.05) is 4.90 Å². The molecule has 0 saturated carbocycles. The zero-order valence-electron chi connectivity index (χ0n) is 7.42. The first-order valence-corrected chi connectivity index (χ1v) is 4.76. The Morgan fingerprint density at radius 2 is 2.14 bits per heavy atom. The van der Waals surface area contributed by atoms with E-state index in [0.717, 1.165) is 23.9 Å². The van der Waals surface area contributed by atoms with Crippen LogP contribution < -0.4 is 0 Å². The summed E-state index contributed by atoms with van der Waals surface area (Å²) in [5.41, 5.74) is 0. The summed E-state index contributed by atoms with van der Waals surface area (Å²) in [6, 6.07) is 3.48. The quantitative estimate of drug-likeness (QED) is 0.575. The van der Waals surface area contributed by atoms with E-state index in [0.29, 0.717) is 4.90 Å². The first kappa shape index (κ1) is 11.0. The predicted octanol–water partition coefficient (Wildman–Crippen LogP) is 2.23. The fourth-order valence-corrected chi connectivity index (χ4v) is 1.52. The maximum atomic E-state index is 12.7. The van der Waals surface area contributed by atoms with Gasteiger partial charge in [-0.2, -0.15) is 0 Å². The van der Waals surface area contributed by atoms with Crippen LogP contribution in [0.1, 0.15) is 0 Å². The number of benzene rings is 1. The lowest BCUT2D eigenvalue weighted by molar-refractivity contribution is -0.137. The highest BCUT2D eigenvalue weighted by atomic mass is 32.2. The van der Waals surface area contributed by atoms with E-state index in [1.54, 1.807) is 0 Å². The van der Waals surface area contributed by atoms with Crippen molar-refractivity contribution in [3.63, 3.8) is 0 Å². The van der Waals surface area contributed by atoms with E-state index in [-0.39, 0.29) is 5.75 Å². The molecule has 1 rings (SSSR count). The lowest BCUT2D eigenvalue weighted by Crippen LogP contribution is -2.02. The average molecular weight is 218 g/mol. The van der Waals surface area contributed by atoms with Crippen LogP contribution in [0.5, 0.6) is 0 Å². The van der Waals surface area contributed by atoms with Gasteiger partial charge in [0.05, 0.1) is 12.9 Å². The third-order valence-electron chi connectivity index (χ3n) is 1.48. The van der Waals surface area contributed by atoms with Crippen molar-refractivity contribution < 1.29 is 18.3 Å². The summed E-state index contributed by atoms with van der Waals surface area (Å²) in [6.07, 6.45) is 0. The molecule has 2 nitrogen and oxygen atoms in total. The number of methoxy groups -OCH3 is 1.